The number of para-hydroxylation sites is 1. The first-order valence-corrected chi connectivity index (χ1v) is 6.68. The second-order valence-electron chi connectivity index (χ2n) is 4.81. The number of hydrazine groups is 1. The van der Waals surface area contributed by atoms with Gasteiger partial charge >= 0.3 is 0 Å². The summed E-state index contributed by atoms with van der Waals surface area (Å²) in [5.74, 6) is 7.55. The van der Waals surface area contributed by atoms with Crippen molar-refractivity contribution in [2.75, 3.05) is 13.7 Å². The normalized spacial score (nSPS) is 14.5. The molecule has 0 aliphatic carbocycles. The van der Waals surface area contributed by atoms with Gasteiger partial charge in [0.15, 0.2) is 0 Å². The van der Waals surface area contributed by atoms with Crippen LogP contribution in [0.1, 0.15) is 22.7 Å². The minimum absolute atomic E-state index is 0.113. The Morgan fingerprint density at radius 1 is 1.25 bits per heavy atom. The van der Waals surface area contributed by atoms with Crippen molar-refractivity contribution in [2.24, 2.45) is 5.84 Å². The Hall–Kier alpha value is -2.04. The van der Waals surface area contributed by atoms with Crippen LogP contribution >= 0.6 is 0 Å². The van der Waals surface area contributed by atoms with Crippen LogP contribution in [0.25, 0.3) is 0 Å². The number of methoxy groups -OCH3 is 1. The third-order valence-corrected chi connectivity index (χ3v) is 3.65. The summed E-state index contributed by atoms with van der Waals surface area (Å²) in [7, 11) is 1.66. The molecular weight excluding hydrogens is 252 g/mol. The minimum atomic E-state index is -0.113. The predicted molar refractivity (Wildman–Crippen MR) is 77.8 cm³/mol. The molecule has 1 atom stereocenters. The summed E-state index contributed by atoms with van der Waals surface area (Å²) in [6, 6.07) is 14.0. The molecule has 4 heteroatoms. The van der Waals surface area contributed by atoms with Gasteiger partial charge in [0.2, 0.25) is 0 Å². The van der Waals surface area contributed by atoms with Gasteiger partial charge in [0.05, 0.1) is 19.8 Å². The number of benzene rings is 2. The zero-order valence-corrected chi connectivity index (χ0v) is 11.4. The highest BCUT2D eigenvalue weighted by molar-refractivity contribution is 5.49. The Labute approximate surface area is 118 Å². The quantitative estimate of drug-likeness (QED) is 0.660. The lowest BCUT2D eigenvalue weighted by Crippen LogP contribution is -2.29. The summed E-state index contributed by atoms with van der Waals surface area (Å²) in [6.45, 7) is 0.738. The molecule has 0 radical (unpaired) electrons. The zero-order chi connectivity index (χ0) is 13.9. The topological polar surface area (TPSA) is 56.5 Å². The largest absolute Gasteiger partial charge is 0.497 e. The van der Waals surface area contributed by atoms with Crippen molar-refractivity contribution in [2.45, 2.75) is 12.5 Å². The highest BCUT2D eigenvalue weighted by atomic mass is 16.5. The van der Waals surface area contributed by atoms with Gasteiger partial charge in [-0.3, -0.25) is 5.84 Å². The van der Waals surface area contributed by atoms with Crippen LogP contribution in [0.15, 0.2) is 42.5 Å². The second-order valence-corrected chi connectivity index (χ2v) is 4.81. The maximum Gasteiger partial charge on any atom is 0.127 e. The molecule has 1 heterocycles. The van der Waals surface area contributed by atoms with E-state index >= 15 is 0 Å². The highest BCUT2D eigenvalue weighted by Crippen LogP contribution is 2.36. The standard InChI is InChI=1S/C16H18N2O2/c1-19-13-6-2-5-12(10-13)15(18-17)14-7-3-4-11-8-9-20-16(11)14/h2-7,10,15,18H,8-9,17H2,1H3. The van der Waals surface area contributed by atoms with Crippen molar-refractivity contribution >= 4 is 0 Å². The molecular formula is C16H18N2O2. The first-order chi connectivity index (χ1) is 9.83. The summed E-state index contributed by atoms with van der Waals surface area (Å²) < 4.78 is 11.0. The van der Waals surface area contributed by atoms with Crippen LogP contribution in [0.2, 0.25) is 0 Å². The maximum absolute atomic E-state index is 5.78. The number of nitrogens with two attached hydrogens (primary N) is 1. The molecule has 0 amide bonds. The van der Waals surface area contributed by atoms with Crippen LogP contribution in [0.4, 0.5) is 0 Å². The van der Waals surface area contributed by atoms with E-state index in [1.165, 1.54) is 5.56 Å². The van der Waals surface area contributed by atoms with E-state index in [2.05, 4.69) is 11.5 Å². The molecule has 1 aliphatic heterocycles. The Morgan fingerprint density at radius 3 is 2.90 bits per heavy atom. The molecule has 0 spiro atoms. The average Bonchev–Trinajstić information content (AvgIpc) is 2.97. The fraction of sp³-hybridized carbons (Fsp3) is 0.250. The summed E-state index contributed by atoms with van der Waals surface area (Å²) in [5, 5.41) is 0. The van der Waals surface area contributed by atoms with Gasteiger partial charge in [-0.2, -0.15) is 0 Å². The molecule has 3 rings (SSSR count). The Balaban J connectivity index is 2.04. The molecule has 4 nitrogen and oxygen atoms in total. The molecule has 0 fully saturated rings. The third kappa shape index (κ3) is 2.24. The first kappa shape index (κ1) is 13.0. The Morgan fingerprint density at radius 2 is 2.10 bits per heavy atom. The molecule has 0 saturated carbocycles. The van der Waals surface area contributed by atoms with Gasteiger partial charge < -0.3 is 9.47 Å². The minimum Gasteiger partial charge on any atom is -0.497 e. The van der Waals surface area contributed by atoms with Crippen molar-refractivity contribution in [3.63, 3.8) is 0 Å². The monoisotopic (exact) mass is 270 g/mol. The van der Waals surface area contributed by atoms with Crippen molar-refractivity contribution < 1.29 is 9.47 Å². The number of nitrogens with one attached hydrogen (secondary N) is 1. The summed E-state index contributed by atoms with van der Waals surface area (Å²) >= 11 is 0. The molecule has 0 saturated heterocycles. The SMILES string of the molecule is COc1cccc(C(NN)c2cccc3c2OCC3)c1. The van der Waals surface area contributed by atoms with Crippen LogP contribution in [0.5, 0.6) is 11.5 Å². The number of rotatable bonds is 4. The lowest BCUT2D eigenvalue weighted by atomic mass is 9.96. The van der Waals surface area contributed by atoms with E-state index in [1.54, 1.807) is 7.11 Å². The highest BCUT2D eigenvalue weighted by Gasteiger charge is 2.22. The van der Waals surface area contributed by atoms with Crippen LogP contribution < -0.4 is 20.7 Å². The molecule has 2 aromatic rings. The molecule has 104 valence electrons. The molecule has 20 heavy (non-hydrogen) atoms. The fourth-order valence-electron chi connectivity index (χ4n) is 2.65. The molecule has 3 N–H and O–H groups in total. The third-order valence-electron chi connectivity index (χ3n) is 3.65. The number of ether oxygens (including phenoxy) is 2. The number of hydrogen-bond donors (Lipinski definition) is 2. The van der Waals surface area contributed by atoms with E-state index in [9.17, 15) is 0 Å². The Bertz CT molecular complexity index is 613. The maximum atomic E-state index is 5.78. The van der Waals surface area contributed by atoms with Crippen LogP contribution in [-0.4, -0.2) is 13.7 Å². The Kier molecular flexibility index (Phi) is 3.58. The van der Waals surface area contributed by atoms with Gasteiger partial charge in [0.1, 0.15) is 11.5 Å². The van der Waals surface area contributed by atoms with Crippen molar-refractivity contribution in [1.29, 1.82) is 0 Å². The summed E-state index contributed by atoms with van der Waals surface area (Å²) in [4.78, 5) is 0. The summed E-state index contributed by atoms with van der Waals surface area (Å²) in [6.07, 6.45) is 0.957. The predicted octanol–water partition coefficient (Wildman–Crippen LogP) is 2.18. The van der Waals surface area contributed by atoms with Crippen molar-refractivity contribution in [3.05, 3.63) is 59.2 Å². The average molecular weight is 270 g/mol. The van der Waals surface area contributed by atoms with Crippen LogP contribution in [0.3, 0.4) is 0 Å². The number of hydrogen-bond acceptors (Lipinski definition) is 4. The smallest absolute Gasteiger partial charge is 0.127 e. The van der Waals surface area contributed by atoms with Gasteiger partial charge in [-0.05, 0) is 23.3 Å². The lowest BCUT2D eigenvalue weighted by Gasteiger charge is -2.20. The first-order valence-electron chi connectivity index (χ1n) is 6.68. The lowest BCUT2D eigenvalue weighted by molar-refractivity contribution is 0.350. The van der Waals surface area contributed by atoms with Gasteiger partial charge in [-0.15, -0.1) is 0 Å². The van der Waals surface area contributed by atoms with E-state index in [1.807, 2.05) is 36.4 Å². The van der Waals surface area contributed by atoms with Crippen molar-refractivity contribution in [3.8, 4) is 11.5 Å². The van der Waals surface area contributed by atoms with Crippen LogP contribution in [-0.2, 0) is 6.42 Å². The van der Waals surface area contributed by atoms with E-state index in [0.29, 0.717) is 0 Å². The van der Waals surface area contributed by atoms with Crippen LogP contribution in [0, 0.1) is 0 Å². The van der Waals surface area contributed by atoms with E-state index < -0.39 is 0 Å². The molecule has 2 aromatic carbocycles. The molecule has 1 unspecified atom stereocenters. The van der Waals surface area contributed by atoms with Gasteiger partial charge in [0, 0.05) is 12.0 Å². The van der Waals surface area contributed by atoms with E-state index in [4.69, 9.17) is 15.3 Å². The molecule has 1 aliphatic rings. The van der Waals surface area contributed by atoms with Crippen molar-refractivity contribution in [1.82, 2.24) is 5.43 Å². The molecule has 0 bridgehead atoms. The zero-order valence-electron chi connectivity index (χ0n) is 11.4. The summed E-state index contributed by atoms with van der Waals surface area (Å²) in [5.41, 5.74) is 6.24. The fourth-order valence-corrected chi connectivity index (χ4v) is 2.65. The number of fused-ring (bicyclic) bond motifs is 1. The second kappa shape index (κ2) is 5.53. The van der Waals surface area contributed by atoms with E-state index in [-0.39, 0.29) is 6.04 Å². The van der Waals surface area contributed by atoms with E-state index in [0.717, 1.165) is 35.7 Å². The van der Waals surface area contributed by atoms with Gasteiger partial charge in [0.25, 0.3) is 0 Å². The van der Waals surface area contributed by atoms with Gasteiger partial charge in [-0.25, -0.2) is 5.43 Å². The van der Waals surface area contributed by atoms with Gasteiger partial charge in [-0.1, -0.05) is 30.3 Å². The molecule has 0 aromatic heterocycles.